The Kier molecular flexibility index (Phi) is 3.51. The lowest BCUT2D eigenvalue weighted by Crippen LogP contribution is -2.28. The highest BCUT2D eigenvalue weighted by Gasteiger charge is 2.27. The first-order chi connectivity index (χ1) is 8.09. The van der Waals surface area contributed by atoms with Crippen LogP contribution in [-0.4, -0.2) is 12.4 Å². The minimum atomic E-state index is 0.310. The van der Waals surface area contributed by atoms with Gasteiger partial charge in [-0.1, -0.05) is 26.0 Å². The molecule has 0 atom stereocenters. The zero-order valence-electron chi connectivity index (χ0n) is 10.6. The van der Waals surface area contributed by atoms with Crippen molar-refractivity contribution < 1.29 is 9.53 Å². The molecule has 92 valence electrons. The minimum Gasteiger partial charge on any atom is -0.490 e. The summed E-state index contributed by atoms with van der Waals surface area (Å²) in [6, 6.07) is 7.40. The molecular weight excluding hydrogens is 212 g/mol. The van der Waals surface area contributed by atoms with Crippen LogP contribution in [-0.2, 0) is 0 Å². The largest absolute Gasteiger partial charge is 0.490 e. The standard InChI is InChI=1S/C15H20O2/c1-15(2)8-6-13(7-9-15)17-14-5-3-4-12(10-14)11-16/h3-5,10-11,13H,6-9H2,1-2H3. The van der Waals surface area contributed by atoms with Crippen LogP contribution in [0, 0.1) is 5.41 Å². The van der Waals surface area contributed by atoms with Crippen molar-refractivity contribution in [1.82, 2.24) is 0 Å². The van der Waals surface area contributed by atoms with E-state index in [1.54, 1.807) is 6.07 Å². The smallest absolute Gasteiger partial charge is 0.150 e. The number of carbonyl (C=O) groups is 1. The Morgan fingerprint density at radius 2 is 2.00 bits per heavy atom. The molecular formula is C15H20O2. The van der Waals surface area contributed by atoms with Crippen LogP contribution in [0.2, 0.25) is 0 Å². The van der Waals surface area contributed by atoms with Crippen LogP contribution in [0.5, 0.6) is 5.75 Å². The van der Waals surface area contributed by atoms with Gasteiger partial charge in [0.25, 0.3) is 0 Å². The van der Waals surface area contributed by atoms with E-state index in [9.17, 15) is 4.79 Å². The SMILES string of the molecule is CC1(C)CCC(Oc2cccc(C=O)c2)CC1. The Morgan fingerprint density at radius 3 is 2.65 bits per heavy atom. The van der Waals surface area contributed by atoms with E-state index in [4.69, 9.17) is 4.74 Å². The average molecular weight is 232 g/mol. The van der Waals surface area contributed by atoms with Crippen LogP contribution < -0.4 is 4.74 Å². The van der Waals surface area contributed by atoms with Crippen molar-refractivity contribution in [2.24, 2.45) is 5.41 Å². The molecule has 0 heterocycles. The fraction of sp³-hybridized carbons (Fsp3) is 0.533. The lowest BCUT2D eigenvalue weighted by Gasteiger charge is -2.34. The molecule has 2 rings (SSSR count). The summed E-state index contributed by atoms with van der Waals surface area (Å²) in [4.78, 5) is 10.7. The molecule has 2 heteroatoms. The second-order valence-corrected chi connectivity index (χ2v) is 5.67. The molecule has 1 aromatic rings. The van der Waals surface area contributed by atoms with Crippen LogP contribution >= 0.6 is 0 Å². The third-order valence-corrected chi connectivity index (χ3v) is 3.58. The molecule has 0 aliphatic heterocycles. The summed E-state index contributed by atoms with van der Waals surface area (Å²) in [7, 11) is 0. The number of ether oxygens (including phenoxy) is 1. The Morgan fingerprint density at radius 1 is 1.29 bits per heavy atom. The summed E-state index contributed by atoms with van der Waals surface area (Å²) < 4.78 is 5.93. The molecule has 0 N–H and O–H groups in total. The Hall–Kier alpha value is -1.31. The number of hydrogen-bond donors (Lipinski definition) is 0. The molecule has 1 aliphatic carbocycles. The topological polar surface area (TPSA) is 26.3 Å². The molecule has 1 saturated carbocycles. The van der Waals surface area contributed by atoms with Gasteiger partial charge < -0.3 is 4.74 Å². The maximum absolute atomic E-state index is 10.7. The van der Waals surface area contributed by atoms with Gasteiger partial charge in [-0.25, -0.2) is 0 Å². The van der Waals surface area contributed by atoms with Crippen LogP contribution in [0.3, 0.4) is 0 Å². The molecule has 17 heavy (non-hydrogen) atoms. The van der Waals surface area contributed by atoms with Gasteiger partial charge in [0.15, 0.2) is 0 Å². The lowest BCUT2D eigenvalue weighted by molar-refractivity contribution is 0.0985. The van der Waals surface area contributed by atoms with Gasteiger partial charge in [0, 0.05) is 5.56 Å². The van der Waals surface area contributed by atoms with E-state index in [0.717, 1.165) is 24.9 Å². The van der Waals surface area contributed by atoms with E-state index in [2.05, 4.69) is 13.8 Å². The Balaban J connectivity index is 1.95. The molecule has 0 saturated heterocycles. The first-order valence-corrected chi connectivity index (χ1v) is 6.31. The maximum atomic E-state index is 10.7. The second-order valence-electron chi connectivity index (χ2n) is 5.67. The van der Waals surface area contributed by atoms with Crippen molar-refractivity contribution in [2.45, 2.75) is 45.6 Å². The normalized spacial score (nSPS) is 19.9. The zero-order valence-corrected chi connectivity index (χ0v) is 10.6. The molecule has 1 aromatic carbocycles. The number of benzene rings is 1. The van der Waals surface area contributed by atoms with E-state index in [0.29, 0.717) is 17.1 Å². The lowest BCUT2D eigenvalue weighted by atomic mass is 9.76. The van der Waals surface area contributed by atoms with E-state index < -0.39 is 0 Å². The van der Waals surface area contributed by atoms with Gasteiger partial charge >= 0.3 is 0 Å². The predicted molar refractivity (Wildman–Crippen MR) is 68.5 cm³/mol. The monoisotopic (exact) mass is 232 g/mol. The molecule has 0 aromatic heterocycles. The molecule has 0 unspecified atom stereocenters. The zero-order chi connectivity index (χ0) is 12.3. The third kappa shape index (κ3) is 3.32. The first-order valence-electron chi connectivity index (χ1n) is 6.31. The number of hydrogen-bond acceptors (Lipinski definition) is 2. The van der Waals surface area contributed by atoms with Crippen molar-refractivity contribution in [3.63, 3.8) is 0 Å². The summed E-state index contributed by atoms with van der Waals surface area (Å²) in [5.74, 6) is 0.819. The summed E-state index contributed by atoms with van der Waals surface area (Å²) in [5.41, 5.74) is 1.14. The van der Waals surface area contributed by atoms with E-state index in [-0.39, 0.29) is 0 Å². The van der Waals surface area contributed by atoms with Gasteiger partial charge in [-0.2, -0.15) is 0 Å². The van der Waals surface area contributed by atoms with Gasteiger partial charge in [-0.15, -0.1) is 0 Å². The van der Waals surface area contributed by atoms with E-state index >= 15 is 0 Å². The third-order valence-electron chi connectivity index (χ3n) is 3.58. The van der Waals surface area contributed by atoms with Crippen molar-refractivity contribution in [3.05, 3.63) is 29.8 Å². The fourth-order valence-corrected chi connectivity index (χ4v) is 2.34. The molecule has 0 bridgehead atoms. The van der Waals surface area contributed by atoms with Gasteiger partial charge in [-0.3, -0.25) is 4.79 Å². The molecule has 0 radical (unpaired) electrons. The van der Waals surface area contributed by atoms with Crippen LogP contribution in [0.15, 0.2) is 24.3 Å². The average Bonchev–Trinajstić information content (AvgIpc) is 2.32. The van der Waals surface area contributed by atoms with Crippen molar-refractivity contribution in [3.8, 4) is 5.75 Å². The quantitative estimate of drug-likeness (QED) is 0.740. The molecule has 1 fully saturated rings. The highest BCUT2D eigenvalue weighted by atomic mass is 16.5. The predicted octanol–water partition coefficient (Wildman–Crippen LogP) is 3.85. The number of carbonyl (C=O) groups excluding carboxylic acids is 1. The molecule has 0 amide bonds. The molecule has 0 spiro atoms. The summed E-state index contributed by atoms with van der Waals surface area (Å²) in [5, 5.41) is 0. The fourth-order valence-electron chi connectivity index (χ4n) is 2.34. The highest BCUT2D eigenvalue weighted by Crippen LogP contribution is 2.36. The second kappa shape index (κ2) is 4.91. The van der Waals surface area contributed by atoms with Gasteiger partial charge in [0.05, 0.1) is 6.10 Å². The van der Waals surface area contributed by atoms with Crippen LogP contribution in [0.1, 0.15) is 49.9 Å². The van der Waals surface area contributed by atoms with Gasteiger partial charge in [0.1, 0.15) is 12.0 Å². The van der Waals surface area contributed by atoms with Crippen molar-refractivity contribution >= 4 is 6.29 Å². The molecule has 1 aliphatic rings. The van der Waals surface area contributed by atoms with Gasteiger partial charge in [0.2, 0.25) is 0 Å². The summed E-state index contributed by atoms with van der Waals surface area (Å²) in [6.07, 6.45) is 5.81. The maximum Gasteiger partial charge on any atom is 0.150 e. The van der Waals surface area contributed by atoms with Crippen molar-refractivity contribution in [2.75, 3.05) is 0 Å². The van der Waals surface area contributed by atoms with E-state index in [1.165, 1.54) is 12.8 Å². The van der Waals surface area contributed by atoms with Crippen LogP contribution in [0.25, 0.3) is 0 Å². The highest BCUT2D eigenvalue weighted by molar-refractivity contribution is 5.75. The summed E-state index contributed by atoms with van der Waals surface area (Å²) >= 11 is 0. The minimum absolute atomic E-state index is 0.310. The Bertz CT molecular complexity index is 386. The van der Waals surface area contributed by atoms with Gasteiger partial charge in [-0.05, 0) is 43.2 Å². The van der Waals surface area contributed by atoms with Crippen molar-refractivity contribution in [1.29, 1.82) is 0 Å². The number of aldehydes is 1. The molecule has 2 nitrogen and oxygen atoms in total. The number of rotatable bonds is 3. The van der Waals surface area contributed by atoms with E-state index in [1.807, 2.05) is 18.2 Å². The van der Waals surface area contributed by atoms with Crippen LogP contribution in [0.4, 0.5) is 0 Å². The first kappa shape index (κ1) is 12.2. The summed E-state index contributed by atoms with van der Waals surface area (Å²) in [6.45, 7) is 4.63. The Labute approximate surface area is 103 Å².